The first-order chi connectivity index (χ1) is 14.0. The maximum atomic E-state index is 12.8. The normalized spacial score (nSPS) is 18.1. The van der Waals surface area contributed by atoms with Gasteiger partial charge >= 0.3 is 0 Å². The molecule has 4 rings (SSSR count). The lowest BCUT2D eigenvalue weighted by Crippen LogP contribution is -2.47. The summed E-state index contributed by atoms with van der Waals surface area (Å²) < 4.78 is 11.4. The second-order valence-electron chi connectivity index (χ2n) is 7.75. The average molecular weight is 394 g/mol. The molecule has 2 saturated heterocycles. The second-order valence-corrected chi connectivity index (χ2v) is 7.75. The largest absolute Gasteiger partial charge is 0.347 e. The first-order valence-corrected chi connectivity index (χ1v) is 10.0. The Balaban J connectivity index is 1.39. The molecule has 29 heavy (non-hydrogen) atoms. The number of carbonyl (C=O) groups is 2. The van der Waals surface area contributed by atoms with E-state index < -0.39 is 5.79 Å². The number of anilines is 1. The van der Waals surface area contributed by atoms with Crippen molar-refractivity contribution in [1.82, 2.24) is 4.90 Å². The predicted molar refractivity (Wildman–Crippen MR) is 110 cm³/mol. The zero-order valence-corrected chi connectivity index (χ0v) is 16.9. The van der Waals surface area contributed by atoms with Crippen molar-refractivity contribution in [2.24, 2.45) is 0 Å². The number of hydrogen-bond acceptors (Lipinski definition) is 4. The summed E-state index contributed by atoms with van der Waals surface area (Å²) in [5.41, 5.74) is 4.00. The van der Waals surface area contributed by atoms with Gasteiger partial charge in [-0.15, -0.1) is 0 Å². The number of likely N-dealkylation sites (tertiary alicyclic amines) is 1. The van der Waals surface area contributed by atoms with Gasteiger partial charge < -0.3 is 19.7 Å². The Bertz CT molecular complexity index is 907. The molecule has 0 aromatic heterocycles. The molecular formula is C23H26N2O4. The van der Waals surface area contributed by atoms with E-state index in [0.717, 1.165) is 16.8 Å². The van der Waals surface area contributed by atoms with Crippen LogP contribution in [0.3, 0.4) is 0 Å². The number of ether oxygens (including phenoxy) is 2. The van der Waals surface area contributed by atoms with E-state index in [1.807, 2.05) is 36.9 Å². The van der Waals surface area contributed by atoms with Gasteiger partial charge in [-0.05, 0) is 55.3 Å². The summed E-state index contributed by atoms with van der Waals surface area (Å²) >= 11 is 0. The first kappa shape index (κ1) is 19.6. The molecule has 1 N–H and O–H groups in total. The summed E-state index contributed by atoms with van der Waals surface area (Å²) in [6, 6.07) is 12.8. The zero-order chi connectivity index (χ0) is 20.4. The van der Waals surface area contributed by atoms with E-state index >= 15 is 0 Å². The molecule has 2 amide bonds. The van der Waals surface area contributed by atoms with Crippen LogP contribution in [-0.2, 0) is 9.47 Å². The minimum atomic E-state index is -0.493. The molecule has 152 valence electrons. The Kier molecular flexibility index (Phi) is 5.39. The van der Waals surface area contributed by atoms with E-state index in [-0.39, 0.29) is 11.8 Å². The van der Waals surface area contributed by atoms with Crippen LogP contribution in [0.5, 0.6) is 0 Å². The minimum absolute atomic E-state index is 0.0284. The van der Waals surface area contributed by atoms with Crippen LogP contribution in [0.1, 0.15) is 44.7 Å². The molecule has 0 radical (unpaired) electrons. The van der Waals surface area contributed by atoms with Crippen molar-refractivity contribution in [3.8, 4) is 0 Å². The summed E-state index contributed by atoms with van der Waals surface area (Å²) in [5, 5.41) is 2.95. The Morgan fingerprint density at radius 3 is 2.21 bits per heavy atom. The summed E-state index contributed by atoms with van der Waals surface area (Å²) in [7, 11) is 0. The molecule has 2 aromatic rings. The number of nitrogens with zero attached hydrogens (tertiary/aromatic N) is 1. The van der Waals surface area contributed by atoms with Gasteiger partial charge in [0.2, 0.25) is 0 Å². The third-order valence-electron chi connectivity index (χ3n) is 5.66. The van der Waals surface area contributed by atoms with Crippen LogP contribution in [0.2, 0.25) is 0 Å². The molecule has 2 aliphatic heterocycles. The highest BCUT2D eigenvalue weighted by Gasteiger charge is 2.40. The highest BCUT2D eigenvalue weighted by Crippen LogP contribution is 2.31. The molecule has 2 fully saturated rings. The maximum Gasteiger partial charge on any atom is 0.255 e. The monoisotopic (exact) mass is 394 g/mol. The minimum Gasteiger partial charge on any atom is -0.347 e. The second kappa shape index (κ2) is 7.97. The Morgan fingerprint density at radius 2 is 1.55 bits per heavy atom. The summed E-state index contributed by atoms with van der Waals surface area (Å²) in [6.45, 7) is 6.41. The van der Waals surface area contributed by atoms with E-state index in [9.17, 15) is 9.59 Å². The van der Waals surface area contributed by atoms with Crippen molar-refractivity contribution < 1.29 is 19.1 Å². The average Bonchev–Trinajstić information content (AvgIpc) is 3.19. The summed E-state index contributed by atoms with van der Waals surface area (Å²) in [4.78, 5) is 27.2. The fourth-order valence-corrected chi connectivity index (χ4v) is 3.85. The fraction of sp³-hybridized carbons (Fsp3) is 0.391. The van der Waals surface area contributed by atoms with Gasteiger partial charge in [0.1, 0.15) is 0 Å². The van der Waals surface area contributed by atoms with Crippen molar-refractivity contribution >= 4 is 17.5 Å². The quantitative estimate of drug-likeness (QED) is 0.865. The molecule has 6 heteroatoms. The number of carbonyl (C=O) groups excluding carboxylic acids is 2. The lowest BCUT2D eigenvalue weighted by atomic mass is 10.0. The van der Waals surface area contributed by atoms with Crippen LogP contribution in [0, 0.1) is 13.8 Å². The van der Waals surface area contributed by atoms with Gasteiger partial charge in [-0.25, -0.2) is 0 Å². The van der Waals surface area contributed by atoms with Crippen LogP contribution in [0.15, 0.2) is 42.5 Å². The molecule has 2 aliphatic rings. The lowest BCUT2D eigenvalue weighted by molar-refractivity contribution is -0.181. The van der Waals surface area contributed by atoms with Gasteiger partial charge in [0.15, 0.2) is 5.79 Å². The van der Waals surface area contributed by atoms with Gasteiger partial charge in [-0.1, -0.05) is 12.1 Å². The van der Waals surface area contributed by atoms with E-state index in [1.165, 1.54) is 0 Å². The Labute approximate surface area is 170 Å². The molecule has 0 aliphatic carbocycles. The van der Waals surface area contributed by atoms with Crippen molar-refractivity contribution in [3.05, 3.63) is 64.7 Å². The smallest absolute Gasteiger partial charge is 0.255 e. The highest BCUT2D eigenvalue weighted by molar-refractivity contribution is 6.05. The van der Waals surface area contributed by atoms with Gasteiger partial charge in [-0.3, -0.25) is 9.59 Å². The molecule has 2 aromatic carbocycles. The number of nitrogens with one attached hydrogen (secondary N) is 1. The fourth-order valence-electron chi connectivity index (χ4n) is 3.85. The molecule has 2 heterocycles. The third-order valence-corrected chi connectivity index (χ3v) is 5.66. The molecular weight excluding hydrogens is 368 g/mol. The molecule has 0 unspecified atom stereocenters. The molecule has 1 spiro atoms. The number of amides is 2. The van der Waals surface area contributed by atoms with Crippen LogP contribution in [-0.4, -0.2) is 48.8 Å². The number of benzene rings is 2. The van der Waals surface area contributed by atoms with E-state index in [1.54, 1.807) is 24.3 Å². The number of aryl methyl sites for hydroxylation is 2. The number of hydrogen-bond donors (Lipinski definition) is 1. The van der Waals surface area contributed by atoms with Crippen molar-refractivity contribution in [1.29, 1.82) is 0 Å². The summed E-state index contributed by atoms with van der Waals surface area (Å²) in [5.74, 6) is -0.709. The highest BCUT2D eigenvalue weighted by atomic mass is 16.7. The number of rotatable bonds is 3. The Morgan fingerprint density at radius 1 is 0.931 bits per heavy atom. The summed E-state index contributed by atoms with van der Waals surface area (Å²) in [6.07, 6.45) is 1.38. The molecule has 0 saturated carbocycles. The van der Waals surface area contributed by atoms with Crippen LogP contribution in [0.4, 0.5) is 5.69 Å². The maximum absolute atomic E-state index is 12.8. The number of piperidine rings is 1. The molecule has 6 nitrogen and oxygen atoms in total. The standard InChI is InChI=1S/C23H26N2O4/c1-16-3-4-17(2)20(15-16)24-21(26)18-5-7-19(8-6-18)22(27)25-11-9-23(10-12-25)28-13-14-29-23/h3-8,15H,9-14H2,1-2H3,(H,24,26). The van der Waals surface area contributed by atoms with Crippen LogP contribution >= 0.6 is 0 Å². The molecule has 0 bridgehead atoms. The predicted octanol–water partition coefficient (Wildman–Crippen LogP) is 3.53. The Hall–Kier alpha value is -2.70. The van der Waals surface area contributed by atoms with Gasteiger partial charge in [-0.2, -0.15) is 0 Å². The van der Waals surface area contributed by atoms with E-state index in [0.29, 0.717) is 50.3 Å². The van der Waals surface area contributed by atoms with Crippen molar-refractivity contribution in [3.63, 3.8) is 0 Å². The topological polar surface area (TPSA) is 67.9 Å². The zero-order valence-electron chi connectivity index (χ0n) is 16.9. The SMILES string of the molecule is Cc1ccc(C)c(NC(=O)c2ccc(C(=O)N3CCC4(CC3)OCCO4)cc2)c1. The van der Waals surface area contributed by atoms with Gasteiger partial charge in [0.25, 0.3) is 11.8 Å². The van der Waals surface area contributed by atoms with Crippen LogP contribution in [0.25, 0.3) is 0 Å². The van der Waals surface area contributed by atoms with E-state index in [4.69, 9.17) is 9.47 Å². The van der Waals surface area contributed by atoms with Gasteiger partial charge in [0.05, 0.1) is 13.2 Å². The van der Waals surface area contributed by atoms with Gasteiger partial charge in [0, 0.05) is 42.7 Å². The van der Waals surface area contributed by atoms with E-state index in [2.05, 4.69) is 5.32 Å². The van der Waals surface area contributed by atoms with Crippen molar-refractivity contribution in [2.75, 3.05) is 31.6 Å². The van der Waals surface area contributed by atoms with Crippen LogP contribution < -0.4 is 5.32 Å². The first-order valence-electron chi connectivity index (χ1n) is 10.0. The lowest BCUT2D eigenvalue weighted by Gasteiger charge is -2.37. The van der Waals surface area contributed by atoms with Crippen molar-refractivity contribution in [2.45, 2.75) is 32.5 Å². The third kappa shape index (κ3) is 4.18. The molecule has 0 atom stereocenters.